The second-order valence-electron chi connectivity index (χ2n) is 5.34. The van der Waals surface area contributed by atoms with Gasteiger partial charge in [-0.3, -0.25) is 9.78 Å². The zero-order chi connectivity index (χ0) is 13.1. The van der Waals surface area contributed by atoms with E-state index in [0.29, 0.717) is 12.0 Å². The summed E-state index contributed by atoms with van der Waals surface area (Å²) < 4.78 is 0. The van der Waals surface area contributed by atoms with Crippen molar-refractivity contribution < 1.29 is 4.79 Å². The molecule has 1 N–H and O–H groups in total. The number of carbonyl (C=O) groups is 1. The first-order chi connectivity index (χ1) is 9.31. The van der Waals surface area contributed by atoms with Gasteiger partial charge in [0.05, 0.1) is 5.69 Å². The molecule has 0 radical (unpaired) electrons. The smallest absolute Gasteiger partial charge is 0.244 e. The van der Waals surface area contributed by atoms with E-state index in [4.69, 9.17) is 0 Å². The highest BCUT2D eigenvalue weighted by atomic mass is 16.1. The van der Waals surface area contributed by atoms with Crippen molar-refractivity contribution in [2.24, 2.45) is 5.92 Å². The van der Waals surface area contributed by atoms with E-state index in [-0.39, 0.29) is 5.91 Å². The van der Waals surface area contributed by atoms with Crippen molar-refractivity contribution in [3.8, 4) is 0 Å². The summed E-state index contributed by atoms with van der Waals surface area (Å²) in [6, 6.07) is 5.99. The van der Waals surface area contributed by atoms with Gasteiger partial charge in [0.1, 0.15) is 0 Å². The lowest BCUT2D eigenvalue weighted by Gasteiger charge is -2.44. The summed E-state index contributed by atoms with van der Waals surface area (Å²) in [4.78, 5) is 18.5. The molecule has 4 heterocycles. The highest BCUT2D eigenvalue weighted by Gasteiger charge is 2.34. The minimum atomic E-state index is -0.00981. The molecule has 0 aliphatic carbocycles. The zero-order valence-corrected chi connectivity index (χ0v) is 11.0. The Bertz CT molecular complexity index is 464. The van der Waals surface area contributed by atoms with Crippen LogP contribution in [0, 0.1) is 5.92 Å². The van der Waals surface area contributed by atoms with Gasteiger partial charge < -0.3 is 10.2 Å². The fourth-order valence-corrected chi connectivity index (χ4v) is 3.00. The Balaban J connectivity index is 1.55. The van der Waals surface area contributed by atoms with Crippen molar-refractivity contribution >= 4 is 12.0 Å². The molecule has 2 bridgehead atoms. The number of hydrogen-bond donors (Lipinski definition) is 1. The normalized spacial score (nSPS) is 29.6. The highest BCUT2D eigenvalue weighted by molar-refractivity contribution is 5.91. The van der Waals surface area contributed by atoms with Crippen LogP contribution in [0.4, 0.5) is 0 Å². The van der Waals surface area contributed by atoms with E-state index < -0.39 is 0 Å². The maximum absolute atomic E-state index is 11.9. The first kappa shape index (κ1) is 12.4. The molecule has 4 rings (SSSR count). The molecule has 3 aliphatic rings. The van der Waals surface area contributed by atoms with Crippen LogP contribution in [0.15, 0.2) is 30.5 Å². The lowest BCUT2D eigenvalue weighted by atomic mass is 9.84. The number of pyridine rings is 1. The van der Waals surface area contributed by atoms with Crippen LogP contribution in [0.5, 0.6) is 0 Å². The van der Waals surface area contributed by atoms with Gasteiger partial charge in [-0.05, 0) is 50.1 Å². The number of amides is 1. The molecule has 3 saturated heterocycles. The number of hydrogen-bond acceptors (Lipinski definition) is 3. The van der Waals surface area contributed by atoms with Gasteiger partial charge in [-0.2, -0.15) is 0 Å². The number of rotatable bonds is 3. The monoisotopic (exact) mass is 257 g/mol. The predicted molar refractivity (Wildman–Crippen MR) is 74.4 cm³/mol. The van der Waals surface area contributed by atoms with Gasteiger partial charge in [-0.1, -0.05) is 6.07 Å². The number of aromatic nitrogens is 1. The average Bonchev–Trinajstić information content (AvgIpc) is 2.47. The van der Waals surface area contributed by atoms with Gasteiger partial charge in [0.15, 0.2) is 0 Å². The number of fused-ring (bicyclic) bond motifs is 3. The van der Waals surface area contributed by atoms with E-state index in [1.165, 1.54) is 25.9 Å². The molecule has 1 amide bonds. The number of nitrogens with zero attached hydrogens (tertiary/aromatic N) is 2. The fourth-order valence-electron chi connectivity index (χ4n) is 3.00. The quantitative estimate of drug-likeness (QED) is 0.830. The Kier molecular flexibility index (Phi) is 3.60. The fraction of sp³-hybridized carbons (Fsp3) is 0.467. The van der Waals surface area contributed by atoms with Crippen molar-refractivity contribution in [1.29, 1.82) is 0 Å². The minimum absolute atomic E-state index is 0.00981. The lowest BCUT2D eigenvalue weighted by Crippen LogP contribution is -2.57. The van der Waals surface area contributed by atoms with Crippen LogP contribution in [0.1, 0.15) is 18.5 Å². The molecule has 4 heteroatoms. The molecule has 3 fully saturated rings. The van der Waals surface area contributed by atoms with Crippen molar-refractivity contribution in [2.45, 2.75) is 18.9 Å². The summed E-state index contributed by atoms with van der Waals surface area (Å²) in [7, 11) is 0. The van der Waals surface area contributed by atoms with Gasteiger partial charge in [0.2, 0.25) is 5.91 Å². The van der Waals surface area contributed by atoms with Crippen molar-refractivity contribution in [3.05, 3.63) is 36.2 Å². The van der Waals surface area contributed by atoms with E-state index in [9.17, 15) is 4.79 Å². The van der Waals surface area contributed by atoms with E-state index in [2.05, 4.69) is 15.2 Å². The van der Waals surface area contributed by atoms with Gasteiger partial charge in [0.25, 0.3) is 0 Å². The summed E-state index contributed by atoms with van der Waals surface area (Å²) in [5.41, 5.74) is 0.812. The van der Waals surface area contributed by atoms with E-state index in [1.807, 2.05) is 18.2 Å². The second-order valence-corrected chi connectivity index (χ2v) is 5.34. The maximum atomic E-state index is 11.9. The largest absolute Gasteiger partial charge is 0.348 e. The summed E-state index contributed by atoms with van der Waals surface area (Å²) in [6.07, 6.45) is 7.51. The van der Waals surface area contributed by atoms with E-state index in [0.717, 1.165) is 12.2 Å². The van der Waals surface area contributed by atoms with Crippen LogP contribution in [0.2, 0.25) is 0 Å². The predicted octanol–water partition coefficient (Wildman–Crippen LogP) is 1.31. The highest BCUT2D eigenvalue weighted by Crippen LogP contribution is 2.27. The first-order valence-corrected chi connectivity index (χ1v) is 6.93. The van der Waals surface area contributed by atoms with Crippen molar-refractivity contribution in [1.82, 2.24) is 15.2 Å². The Morgan fingerprint density at radius 2 is 2.21 bits per heavy atom. The summed E-state index contributed by atoms with van der Waals surface area (Å²) >= 11 is 0. The Morgan fingerprint density at radius 3 is 2.84 bits per heavy atom. The SMILES string of the molecule is O=C(/C=C/c1ccccn1)NC1CN2CCC1CC2. The molecule has 4 nitrogen and oxygen atoms in total. The standard InChI is InChI=1S/C15H19N3O/c19-15(5-4-13-3-1-2-8-16-13)17-14-11-18-9-6-12(14)7-10-18/h1-5,8,12,14H,6-7,9-11H2,(H,17,19)/b5-4+. The van der Waals surface area contributed by atoms with Crippen molar-refractivity contribution in [2.75, 3.05) is 19.6 Å². The third-order valence-corrected chi connectivity index (χ3v) is 4.08. The molecule has 0 spiro atoms. The summed E-state index contributed by atoms with van der Waals surface area (Å²) in [6.45, 7) is 3.40. The molecular formula is C15H19N3O. The molecule has 19 heavy (non-hydrogen) atoms. The Labute approximate surface area is 113 Å². The zero-order valence-electron chi connectivity index (χ0n) is 11.0. The van der Waals surface area contributed by atoms with Gasteiger partial charge in [-0.25, -0.2) is 0 Å². The van der Waals surface area contributed by atoms with Crippen LogP contribution in [0.25, 0.3) is 6.08 Å². The molecular weight excluding hydrogens is 238 g/mol. The minimum Gasteiger partial charge on any atom is -0.348 e. The molecule has 1 aromatic rings. The molecule has 1 atom stereocenters. The third kappa shape index (κ3) is 3.01. The summed E-state index contributed by atoms with van der Waals surface area (Å²) in [5, 5.41) is 3.13. The van der Waals surface area contributed by atoms with Crippen LogP contribution in [0.3, 0.4) is 0 Å². The lowest BCUT2D eigenvalue weighted by molar-refractivity contribution is -0.118. The van der Waals surface area contributed by atoms with Gasteiger partial charge in [0, 0.05) is 24.9 Å². The van der Waals surface area contributed by atoms with Gasteiger partial charge >= 0.3 is 0 Å². The van der Waals surface area contributed by atoms with E-state index in [1.54, 1.807) is 18.3 Å². The van der Waals surface area contributed by atoms with Crippen LogP contribution in [-0.2, 0) is 4.79 Å². The van der Waals surface area contributed by atoms with Crippen molar-refractivity contribution in [3.63, 3.8) is 0 Å². The summed E-state index contributed by atoms with van der Waals surface area (Å²) in [5.74, 6) is 0.654. The average molecular weight is 257 g/mol. The Hall–Kier alpha value is -1.68. The maximum Gasteiger partial charge on any atom is 0.244 e. The molecule has 0 saturated carbocycles. The second kappa shape index (κ2) is 5.53. The van der Waals surface area contributed by atoms with Crippen LogP contribution in [-0.4, -0.2) is 41.5 Å². The van der Waals surface area contributed by atoms with E-state index >= 15 is 0 Å². The molecule has 0 aromatic carbocycles. The molecule has 100 valence electrons. The molecule has 1 unspecified atom stereocenters. The first-order valence-electron chi connectivity index (χ1n) is 6.93. The molecule has 3 aliphatic heterocycles. The van der Waals surface area contributed by atoms with Crippen LogP contribution >= 0.6 is 0 Å². The Morgan fingerprint density at radius 1 is 1.37 bits per heavy atom. The molecule has 1 aromatic heterocycles. The van der Waals surface area contributed by atoms with Gasteiger partial charge in [-0.15, -0.1) is 0 Å². The van der Waals surface area contributed by atoms with Crippen LogP contribution < -0.4 is 5.32 Å². The topological polar surface area (TPSA) is 45.2 Å². The number of nitrogens with one attached hydrogen (secondary N) is 1. The number of carbonyl (C=O) groups excluding carboxylic acids is 1. The number of piperidine rings is 3. The third-order valence-electron chi connectivity index (χ3n) is 4.08.